The van der Waals surface area contributed by atoms with Crippen molar-refractivity contribution in [3.63, 3.8) is 0 Å². The van der Waals surface area contributed by atoms with Gasteiger partial charge in [0.2, 0.25) is 5.91 Å². The molecule has 0 aromatic heterocycles. The molecular weight excluding hydrogens is 402 g/mol. The first-order valence-corrected chi connectivity index (χ1v) is 14.6. The van der Waals surface area contributed by atoms with Crippen LogP contribution in [0.15, 0.2) is 36.9 Å². The summed E-state index contributed by atoms with van der Waals surface area (Å²) in [5.74, 6) is 1.04. The van der Waals surface area contributed by atoms with Crippen molar-refractivity contribution in [2.45, 2.75) is 82.5 Å². The van der Waals surface area contributed by atoms with Gasteiger partial charge < -0.3 is 9.33 Å². The largest absolute Gasteiger partial charge is 0.417 e. The Hall–Kier alpha value is -1.72. The van der Waals surface area contributed by atoms with E-state index in [1.54, 1.807) is 0 Å². The summed E-state index contributed by atoms with van der Waals surface area (Å²) >= 11 is 0. The van der Waals surface area contributed by atoms with Crippen molar-refractivity contribution in [2.24, 2.45) is 11.8 Å². The minimum Gasteiger partial charge on any atom is -0.417 e. The van der Waals surface area contributed by atoms with Crippen molar-refractivity contribution < 1.29 is 14.0 Å². The summed E-state index contributed by atoms with van der Waals surface area (Å²) in [5, 5.41) is 0.124. The van der Waals surface area contributed by atoms with Gasteiger partial charge in [-0.1, -0.05) is 45.0 Å². The maximum absolute atomic E-state index is 13.9. The van der Waals surface area contributed by atoms with Crippen molar-refractivity contribution in [3.8, 4) is 0 Å². The number of ketones is 1. The molecule has 1 aromatic rings. The summed E-state index contributed by atoms with van der Waals surface area (Å²) in [6.07, 6.45) is 5.43. The monoisotopic (exact) mass is 439 g/mol. The quantitative estimate of drug-likeness (QED) is 0.426. The smallest absolute Gasteiger partial charge is 0.227 e. The highest BCUT2D eigenvalue weighted by atomic mass is 28.4. The molecule has 2 fully saturated rings. The molecular formula is C26H37NO3Si. The van der Waals surface area contributed by atoms with Crippen molar-refractivity contribution >= 4 is 25.7 Å². The van der Waals surface area contributed by atoms with E-state index in [9.17, 15) is 9.59 Å². The van der Waals surface area contributed by atoms with Crippen LogP contribution in [0.4, 0.5) is 5.69 Å². The van der Waals surface area contributed by atoms with Gasteiger partial charge in [-0.2, -0.15) is 0 Å². The Kier molecular flexibility index (Phi) is 5.58. The zero-order valence-corrected chi connectivity index (χ0v) is 20.7. The molecule has 1 amide bonds. The lowest BCUT2D eigenvalue weighted by molar-refractivity contribution is -0.134. The number of amides is 1. The number of anilines is 1. The second-order valence-electron chi connectivity index (χ2n) is 11.2. The van der Waals surface area contributed by atoms with E-state index in [1.807, 2.05) is 29.2 Å². The number of para-hydroxylation sites is 1. The van der Waals surface area contributed by atoms with E-state index in [4.69, 9.17) is 4.43 Å². The molecule has 1 aliphatic carbocycles. The van der Waals surface area contributed by atoms with Crippen LogP contribution in [0, 0.1) is 11.8 Å². The zero-order chi connectivity index (χ0) is 22.6. The van der Waals surface area contributed by atoms with Gasteiger partial charge in [-0.15, -0.1) is 6.58 Å². The van der Waals surface area contributed by atoms with Gasteiger partial charge in [0.25, 0.3) is 0 Å². The number of piperidine rings is 1. The molecule has 5 heteroatoms. The van der Waals surface area contributed by atoms with Crippen molar-refractivity contribution in [1.29, 1.82) is 0 Å². The number of hydrogen-bond donors (Lipinski definition) is 0. The highest BCUT2D eigenvalue weighted by Crippen LogP contribution is 2.58. The van der Waals surface area contributed by atoms with Crippen LogP contribution in [0.2, 0.25) is 18.1 Å². The molecule has 3 aliphatic rings. The second kappa shape index (κ2) is 7.70. The Balaban J connectivity index is 1.75. The van der Waals surface area contributed by atoms with Crippen molar-refractivity contribution in [3.05, 3.63) is 42.5 Å². The molecule has 4 nitrogen and oxygen atoms in total. The second-order valence-corrected chi connectivity index (χ2v) is 16.0. The molecule has 168 valence electrons. The van der Waals surface area contributed by atoms with Gasteiger partial charge in [-0.3, -0.25) is 9.59 Å². The van der Waals surface area contributed by atoms with Crippen molar-refractivity contribution in [2.75, 3.05) is 11.5 Å². The zero-order valence-electron chi connectivity index (χ0n) is 19.7. The minimum absolute atomic E-state index is 0.0830. The highest BCUT2D eigenvalue weighted by Gasteiger charge is 2.64. The molecule has 0 radical (unpaired) electrons. The van der Waals surface area contributed by atoms with Gasteiger partial charge in [-0.25, -0.2) is 0 Å². The summed E-state index contributed by atoms with van der Waals surface area (Å²) in [6.45, 7) is 15.7. The van der Waals surface area contributed by atoms with Crippen LogP contribution in [-0.2, 0) is 19.4 Å². The summed E-state index contributed by atoms with van der Waals surface area (Å²) < 4.78 is 6.55. The van der Waals surface area contributed by atoms with Gasteiger partial charge >= 0.3 is 0 Å². The fraction of sp³-hybridized carbons (Fsp3) is 0.615. The maximum Gasteiger partial charge on any atom is 0.227 e. The number of fused-ring (bicyclic) bond motifs is 3. The molecule has 1 aromatic carbocycles. The number of allylic oxidation sites excluding steroid dienone is 1. The normalized spacial score (nSPS) is 30.2. The molecule has 0 N–H and O–H groups in total. The summed E-state index contributed by atoms with van der Waals surface area (Å²) in [6, 6.07) is 8.02. The molecule has 0 bridgehead atoms. The standard InChI is InChI=1S/C26H37NO3Si/c1-7-10-18-17-22(28)26(15-16-30-31(5,6)25(2,3)4)20-11-8-9-12-21(20)27-23(29)14-13-19(18)24(26)27/h7-9,11-12,18-19,24H,1,10,13-17H2,2-6H3/t18-,19?,24?,26-/m1/s1. The number of hydrogen-bond acceptors (Lipinski definition) is 3. The molecule has 1 saturated carbocycles. The van der Waals surface area contributed by atoms with E-state index in [2.05, 4.69) is 46.5 Å². The van der Waals surface area contributed by atoms with Crippen LogP contribution < -0.4 is 4.90 Å². The third-order valence-corrected chi connectivity index (χ3v) is 13.1. The molecule has 4 atom stereocenters. The maximum atomic E-state index is 13.9. The van der Waals surface area contributed by atoms with Crippen LogP contribution in [0.3, 0.4) is 0 Å². The number of Topliss-reactive ketones (excluding diaryl/α,β-unsaturated/α-hetero) is 1. The Morgan fingerprint density at radius 3 is 2.65 bits per heavy atom. The van der Waals surface area contributed by atoms with Gasteiger partial charge in [0.15, 0.2) is 8.32 Å². The lowest BCUT2D eigenvalue weighted by Gasteiger charge is -2.51. The van der Waals surface area contributed by atoms with Crippen molar-refractivity contribution in [1.82, 2.24) is 0 Å². The fourth-order valence-electron chi connectivity index (χ4n) is 5.96. The molecule has 0 spiro atoms. The number of nitrogens with zero attached hydrogens (tertiary/aromatic N) is 1. The van der Waals surface area contributed by atoms with E-state index >= 15 is 0 Å². The van der Waals surface area contributed by atoms with Crippen LogP contribution in [0.1, 0.15) is 58.4 Å². The summed E-state index contributed by atoms with van der Waals surface area (Å²) in [5.41, 5.74) is 1.35. The van der Waals surface area contributed by atoms with Crippen LogP contribution in [0.5, 0.6) is 0 Å². The van der Waals surface area contributed by atoms with E-state index < -0.39 is 13.7 Å². The number of carbonyl (C=O) groups is 2. The first-order valence-electron chi connectivity index (χ1n) is 11.7. The average molecular weight is 440 g/mol. The van der Waals surface area contributed by atoms with Crippen LogP contribution in [0.25, 0.3) is 0 Å². The number of rotatable bonds is 6. The predicted octanol–water partition coefficient (Wildman–Crippen LogP) is 5.63. The minimum atomic E-state index is -1.92. The molecule has 2 heterocycles. The SMILES string of the molecule is C=CC[C@@H]1CC(=O)[C@@]2(CCO[Si](C)(C)C(C)(C)C)c3ccccc3N3C(=O)CCC1C32. The first-order chi connectivity index (χ1) is 14.5. The van der Waals surface area contributed by atoms with E-state index in [1.165, 1.54) is 0 Å². The predicted molar refractivity (Wildman–Crippen MR) is 128 cm³/mol. The third kappa shape index (κ3) is 3.36. The summed E-state index contributed by atoms with van der Waals surface area (Å²) in [4.78, 5) is 29.0. The van der Waals surface area contributed by atoms with E-state index in [0.29, 0.717) is 31.8 Å². The number of benzene rings is 1. The molecule has 31 heavy (non-hydrogen) atoms. The lowest BCUT2D eigenvalue weighted by Crippen LogP contribution is -2.63. The average Bonchev–Trinajstić information content (AvgIpc) is 3.00. The topological polar surface area (TPSA) is 46.6 Å². The first kappa shape index (κ1) is 22.5. The van der Waals surface area contributed by atoms with E-state index in [0.717, 1.165) is 24.1 Å². The molecule has 1 saturated heterocycles. The Morgan fingerprint density at radius 1 is 1.26 bits per heavy atom. The molecule has 4 rings (SSSR count). The summed E-state index contributed by atoms with van der Waals surface area (Å²) in [7, 11) is -1.92. The molecule has 2 aliphatic heterocycles. The third-order valence-electron chi connectivity index (χ3n) is 8.58. The Bertz CT molecular complexity index is 902. The Labute approximate surface area is 188 Å². The lowest BCUT2D eigenvalue weighted by atomic mass is 9.56. The van der Waals surface area contributed by atoms with E-state index in [-0.39, 0.29) is 28.7 Å². The van der Waals surface area contributed by atoms with Gasteiger partial charge in [-0.05, 0) is 60.9 Å². The van der Waals surface area contributed by atoms with Gasteiger partial charge in [0.1, 0.15) is 5.78 Å². The highest BCUT2D eigenvalue weighted by molar-refractivity contribution is 6.74. The van der Waals surface area contributed by atoms with Gasteiger partial charge in [0, 0.05) is 25.1 Å². The Morgan fingerprint density at radius 2 is 1.97 bits per heavy atom. The van der Waals surface area contributed by atoms with Gasteiger partial charge in [0.05, 0.1) is 11.5 Å². The fourth-order valence-corrected chi connectivity index (χ4v) is 7.01. The molecule has 2 unspecified atom stereocenters. The number of carbonyl (C=O) groups excluding carboxylic acids is 2. The van der Waals surface area contributed by atoms with Crippen LogP contribution in [-0.4, -0.2) is 32.7 Å². The van der Waals surface area contributed by atoms with Crippen LogP contribution >= 0.6 is 0 Å².